The van der Waals surface area contributed by atoms with Gasteiger partial charge in [0.15, 0.2) is 0 Å². The first-order chi connectivity index (χ1) is 11.1. The van der Waals surface area contributed by atoms with E-state index in [1.54, 1.807) is 0 Å². The van der Waals surface area contributed by atoms with E-state index in [1.807, 2.05) is 36.1 Å². The minimum atomic E-state index is -0.0605. The second kappa shape index (κ2) is 8.89. The highest BCUT2D eigenvalue weighted by Gasteiger charge is 2.27. The van der Waals surface area contributed by atoms with Crippen molar-refractivity contribution in [3.63, 3.8) is 0 Å². The Morgan fingerprint density at radius 1 is 1.39 bits per heavy atom. The van der Waals surface area contributed by atoms with Crippen molar-refractivity contribution in [2.75, 3.05) is 26.2 Å². The van der Waals surface area contributed by atoms with Gasteiger partial charge in [-0.2, -0.15) is 0 Å². The summed E-state index contributed by atoms with van der Waals surface area (Å²) in [5.41, 5.74) is 1.02. The van der Waals surface area contributed by atoms with Gasteiger partial charge in [0, 0.05) is 44.0 Å². The Kier molecular flexibility index (Phi) is 6.86. The minimum absolute atomic E-state index is 0.0168. The Hall–Kier alpha value is -1.59. The maximum Gasteiger partial charge on any atom is 0.223 e. The Labute approximate surface area is 142 Å². The SMILES string of the molecule is CCCNC(=O)CCC(=O)N1CCNCC1c1cccc(Cl)c1. The van der Waals surface area contributed by atoms with Gasteiger partial charge < -0.3 is 15.5 Å². The number of piperazine rings is 1. The molecule has 1 unspecified atom stereocenters. The third kappa shape index (κ3) is 5.22. The maximum atomic E-state index is 12.5. The molecule has 2 N–H and O–H groups in total. The number of carbonyl (C=O) groups is 2. The largest absolute Gasteiger partial charge is 0.356 e. The number of halogens is 1. The number of benzene rings is 1. The molecule has 1 aliphatic heterocycles. The summed E-state index contributed by atoms with van der Waals surface area (Å²) in [5, 5.41) is 6.78. The second-order valence-electron chi connectivity index (χ2n) is 5.71. The fraction of sp³-hybridized carbons (Fsp3) is 0.529. The van der Waals surface area contributed by atoms with Crippen molar-refractivity contribution in [3.8, 4) is 0 Å². The summed E-state index contributed by atoms with van der Waals surface area (Å²) in [7, 11) is 0. The Morgan fingerprint density at radius 2 is 2.22 bits per heavy atom. The van der Waals surface area contributed by atoms with Crippen molar-refractivity contribution >= 4 is 23.4 Å². The molecule has 0 saturated carbocycles. The zero-order valence-electron chi connectivity index (χ0n) is 13.5. The van der Waals surface area contributed by atoms with E-state index in [9.17, 15) is 9.59 Å². The van der Waals surface area contributed by atoms with Crippen molar-refractivity contribution in [1.29, 1.82) is 0 Å². The van der Waals surface area contributed by atoms with Crippen molar-refractivity contribution < 1.29 is 9.59 Å². The molecule has 23 heavy (non-hydrogen) atoms. The van der Waals surface area contributed by atoms with E-state index >= 15 is 0 Å². The Balaban J connectivity index is 1.97. The van der Waals surface area contributed by atoms with Gasteiger partial charge >= 0.3 is 0 Å². The average Bonchev–Trinajstić information content (AvgIpc) is 2.57. The van der Waals surface area contributed by atoms with Crippen LogP contribution in [-0.4, -0.2) is 42.9 Å². The Morgan fingerprint density at radius 3 is 2.96 bits per heavy atom. The summed E-state index contributed by atoms with van der Waals surface area (Å²) >= 11 is 6.07. The fourth-order valence-electron chi connectivity index (χ4n) is 2.73. The van der Waals surface area contributed by atoms with Crippen LogP contribution in [0.15, 0.2) is 24.3 Å². The van der Waals surface area contributed by atoms with E-state index in [1.165, 1.54) is 0 Å². The average molecular weight is 338 g/mol. The minimum Gasteiger partial charge on any atom is -0.356 e. The number of hydrogen-bond donors (Lipinski definition) is 2. The van der Waals surface area contributed by atoms with Crippen LogP contribution >= 0.6 is 11.6 Å². The molecule has 2 amide bonds. The van der Waals surface area contributed by atoms with E-state index in [0.29, 0.717) is 24.7 Å². The standard InChI is InChI=1S/C17H24ClN3O2/c1-2-8-20-16(22)6-7-17(23)21-10-9-19-12-15(21)13-4-3-5-14(18)11-13/h3-5,11,15,19H,2,6-10,12H2,1H3,(H,20,22). The monoisotopic (exact) mass is 337 g/mol. The summed E-state index contributed by atoms with van der Waals surface area (Å²) in [6, 6.07) is 7.57. The topological polar surface area (TPSA) is 61.4 Å². The summed E-state index contributed by atoms with van der Waals surface area (Å²) in [4.78, 5) is 26.1. The van der Waals surface area contributed by atoms with E-state index in [2.05, 4.69) is 10.6 Å². The van der Waals surface area contributed by atoms with Gasteiger partial charge in [-0.3, -0.25) is 9.59 Å². The van der Waals surface area contributed by atoms with Gasteiger partial charge in [-0.25, -0.2) is 0 Å². The van der Waals surface area contributed by atoms with Crippen LogP contribution in [0.2, 0.25) is 5.02 Å². The van der Waals surface area contributed by atoms with Crippen LogP contribution in [-0.2, 0) is 9.59 Å². The number of nitrogens with one attached hydrogen (secondary N) is 2. The number of rotatable bonds is 6. The molecular formula is C17H24ClN3O2. The van der Waals surface area contributed by atoms with Crippen molar-refractivity contribution in [2.45, 2.75) is 32.2 Å². The molecule has 126 valence electrons. The van der Waals surface area contributed by atoms with Crippen LogP contribution in [0.25, 0.3) is 0 Å². The Bertz CT molecular complexity index is 550. The predicted octanol–water partition coefficient (Wildman–Crippen LogP) is 2.12. The highest BCUT2D eigenvalue weighted by molar-refractivity contribution is 6.30. The van der Waals surface area contributed by atoms with E-state index in [4.69, 9.17) is 11.6 Å². The van der Waals surface area contributed by atoms with Crippen LogP contribution in [0.1, 0.15) is 37.8 Å². The maximum absolute atomic E-state index is 12.5. The molecule has 1 aromatic rings. The normalized spacial score (nSPS) is 17.8. The lowest BCUT2D eigenvalue weighted by Gasteiger charge is -2.36. The number of hydrogen-bond acceptors (Lipinski definition) is 3. The highest BCUT2D eigenvalue weighted by atomic mass is 35.5. The van der Waals surface area contributed by atoms with Crippen LogP contribution in [0.5, 0.6) is 0 Å². The van der Waals surface area contributed by atoms with E-state index < -0.39 is 0 Å². The molecule has 6 heteroatoms. The molecule has 5 nitrogen and oxygen atoms in total. The number of amides is 2. The summed E-state index contributed by atoms with van der Waals surface area (Å²) in [5.74, 6) is -0.0437. The van der Waals surface area contributed by atoms with Gasteiger partial charge in [0.25, 0.3) is 0 Å². The van der Waals surface area contributed by atoms with Crippen LogP contribution in [0, 0.1) is 0 Å². The molecule has 0 aromatic heterocycles. The lowest BCUT2D eigenvalue weighted by molar-refractivity contribution is -0.136. The van der Waals surface area contributed by atoms with Gasteiger partial charge in [-0.05, 0) is 24.1 Å². The molecule has 1 atom stereocenters. The quantitative estimate of drug-likeness (QED) is 0.836. The van der Waals surface area contributed by atoms with Gasteiger partial charge in [-0.15, -0.1) is 0 Å². The van der Waals surface area contributed by atoms with Crippen molar-refractivity contribution in [2.24, 2.45) is 0 Å². The molecule has 0 spiro atoms. The predicted molar refractivity (Wildman–Crippen MR) is 91.3 cm³/mol. The first kappa shape index (κ1) is 17.8. The van der Waals surface area contributed by atoms with Gasteiger partial charge in [0.1, 0.15) is 0 Å². The molecule has 1 heterocycles. The molecule has 1 fully saturated rings. The van der Waals surface area contributed by atoms with Gasteiger partial charge in [0.05, 0.1) is 6.04 Å². The third-order valence-electron chi connectivity index (χ3n) is 3.94. The zero-order valence-corrected chi connectivity index (χ0v) is 14.2. The first-order valence-electron chi connectivity index (χ1n) is 8.14. The lowest BCUT2D eigenvalue weighted by atomic mass is 10.0. The fourth-order valence-corrected chi connectivity index (χ4v) is 2.93. The molecule has 1 aromatic carbocycles. The molecule has 1 saturated heterocycles. The zero-order chi connectivity index (χ0) is 16.7. The summed E-state index contributed by atoms with van der Waals surface area (Å²) in [6.07, 6.45) is 1.38. The number of nitrogens with zero attached hydrogens (tertiary/aromatic N) is 1. The molecular weight excluding hydrogens is 314 g/mol. The molecule has 0 aliphatic carbocycles. The van der Waals surface area contributed by atoms with Crippen molar-refractivity contribution in [3.05, 3.63) is 34.9 Å². The third-order valence-corrected chi connectivity index (χ3v) is 4.17. The smallest absolute Gasteiger partial charge is 0.223 e. The van der Waals surface area contributed by atoms with Crippen LogP contribution < -0.4 is 10.6 Å². The number of carbonyl (C=O) groups excluding carboxylic acids is 2. The molecule has 0 bridgehead atoms. The van der Waals surface area contributed by atoms with Crippen molar-refractivity contribution in [1.82, 2.24) is 15.5 Å². The lowest BCUT2D eigenvalue weighted by Crippen LogP contribution is -2.48. The van der Waals surface area contributed by atoms with Gasteiger partial charge in [0.2, 0.25) is 11.8 Å². The molecule has 0 radical (unpaired) electrons. The van der Waals surface area contributed by atoms with Crippen LogP contribution in [0.3, 0.4) is 0 Å². The van der Waals surface area contributed by atoms with E-state index in [-0.39, 0.29) is 30.7 Å². The van der Waals surface area contributed by atoms with Crippen LogP contribution in [0.4, 0.5) is 0 Å². The van der Waals surface area contributed by atoms with E-state index in [0.717, 1.165) is 18.5 Å². The highest BCUT2D eigenvalue weighted by Crippen LogP contribution is 2.25. The first-order valence-corrected chi connectivity index (χ1v) is 8.52. The summed E-state index contributed by atoms with van der Waals surface area (Å²) < 4.78 is 0. The second-order valence-corrected chi connectivity index (χ2v) is 6.15. The molecule has 2 rings (SSSR count). The molecule has 1 aliphatic rings. The summed E-state index contributed by atoms with van der Waals surface area (Å²) in [6.45, 7) is 4.78. The van der Waals surface area contributed by atoms with Gasteiger partial charge in [-0.1, -0.05) is 30.7 Å².